The Morgan fingerprint density at radius 3 is 1.88 bits per heavy atom. The Morgan fingerprint density at radius 1 is 0.792 bits per heavy atom. The van der Waals surface area contributed by atoms with Gasteiger partial charge in [0.1, 0.15) is 11.3 Å². The van der Waals surface area contributed by atoms with Crippen LogP contribution < -0.4 is 34.6 Å². The van der Waals surface area contributed by atoms with Gasteiger partial charge in [0.15, 0.2) is 29.6 Å². The molecule has 0 aliphatic heterocycles. The lowest BCUT2D eigenvalue weighted by Gasteiger charge is -2.22. The lowest BCUT2D eigenvalue weighted by atomic mass is 9.95. The summed E-state index contributed by atoms with van der Waals surface area (Å²) in [6, 6.07) is 12.1. The highest BCUT2D eigenvalue weighted by molar-refractivity contribution is 6.08. The van der Waals surface area contributed by atoms with E-state index in [9.17, 15) is 24.3 Å². The molecule has 0 fully saturated rings. The Labute approximate surface area is 275 Å². The number of fused-ring (bicyclic) bond motifs is 1. The molecular weight excluding hydrogens is 628 g/mol. The van der Waals surface area contributed by atoms with Gasteiger partial charge in [-0.1, -0.05) is 0 Å². The molecule has 4 rings (SSSR count). The lowest BCUT2D eigenvalue weighted by Crippen LogP contribution is -2.28. The summed E-state index contributed by atoms with van der Waals surface area (Å²) in [5.74, 6) is -1.21. The first-order valence-electron chi connectivity index (χ1n) is 14.4. The first-order chi connectivity index (χ1) is 22.8. The van der Waals surface area contributed by atoms with E-state index >= 15 is 0 Å². The fourth-order valence-corrected chi connectivity index (χ4v) is 4.99. The monoisotopic (exact) mass is 664 g/mol. The van der Waals surface area contributed by atoms with E-state index in [-0.39, 0.29) is 56.5 Å². The lowest BCUT2D eigenvalue weighted by molar-refractivity contribution is -0.139. The van der Waals surface area contributed by atoms with Gasteiger partial charge in [0, 0.05) is 22.3 Å². The molecule has 0 saturated heterocycles. The Bertz CT molecular complexity index is 1900. The Balaban J connectivity index is 2.11. The molecule has 2 N–H and O–H groups in total. The summed E-state index contributed by atoms with van der Waals surface area (Å²) in [7, 11) is 6.84. The molecule has 1 amide bonds. The van der Waals surface area contributed by atoms with E-state index < -0.39 is 35.8 Å². The summed E-state index contributed by atoms with van der Waals surface area (Å²) >= 11 is 0. The summed E-state index contributed by atoms with van der Waals surface area (Å²) in [6.07, 6.45) is -0.680. The van der Waals surface area contributed by atoms with Crippen molar-refractivity contribution in [3.05, 3.63) is 64.6 Å². The van der Waals surface area contributed by atoms with Crippen molar-refractivity contribution >= 4 is 34.5 Å². The number of aromatic nitrogens is 1. The van der Waals surface area contributed by atoms with Crippen LogP contribution in [0.4, 0.5) is 10.5 Å². The second kappa shape index (κ2) is 14.2. The molecule has 0 spiro atoms. The molecule has 14 nitrogen and oxygen atoms in total. The first kappa shape index (κ1) is 34.9. The number of methoxy groups -OCH3 is 5. The Morgan fingerprint density at radius 2 is 1.38 bits per heavy atom. The molecular formula is C34H36N2O12. The third-order valence-electron chi connectivity index (χ3n) is 6.92. The smallest absolute Gasteiger partial charge is 0.412 e. The van der Waals surface area contributed by atoms with Gasteiger partial charge in [0.05, 0.1) is 40.9 Å². The van der Waals surface area contributed by atoms with Gasteiger partial charge < -0.3 is 38.3 Å². The van der Waals surface area contributed by atoms with Gasteiger partial charge in [-0.05, 0) is 74.9 Å². The quantitative estimate of drug-likeness (QED) is 0.199. The largest absolute Gasteiger partial charge is 0.493 e. The molecule has 0 atom stereocenters. The molecule has 0 radical (unpaired) electrons. The summed E-state index contributed by atoms with van der Waals surface area (Å²) < 4.78 is 39.3. The number of hydrogen-bond donors (Lipinski definition) is 2. The second-order valence-electron chi connectivity index (χ2n) is 11.2. The van der Waals surface area contributed by atoms with Gasteiger partial charge in [0.25, 0.3) is 5.56 Å². The number of hydrogen-bond acceptors (Lipinski definition) is 11. The van der Waals surface area contributed by atoms with Crippen LogP contribution in [-0.2, 0) is 14.3 Å². The van der Waals surface area contributed by atoms with Crippen molar-refractivity contribution in [2.75, 3.05) is 47.5 Å². The predicted molar refractivity (Wildman–Crippen MR) is 176 cm³/mol. The minimum Gasteiger partial charge on any atom is -0.493 e. The van der Waals surface area contributed by atoms with Crippen molar-refractivity contribution in [3.63, 3.8) is 0 Å². The van der Waals surface area contributed by atoms with Crippen LogP contribution in [0, 0.1) is 0 Å². The number of carboxylic acids is 1. The van der Waals surface area contributed by atoms with E-state index in [4.69, 9.17) is 33.2 Å². The third kappa shape index (κ3) is 7.22. The SMILES string of the molecule is COC(=O)c1c(-c2cc(OC)c(OC)c(OC)c2)c2cc(OC)c(OCC(=O)O)cc2c(=O)n1-c1ccc(NC(=O)OC(C)(C)C)cc1. The number of carbonyl (C=O) groups is 3. The highest BCUT2D eigenvalue weighted by Crippen LogP contribution is 2.45. The molecule has 48 heavy (non-hydrogen) atoms. The first-order valence-corrected chi connectivity index (χ1v) is 14.4. The number of nitrogens with zero attached hydrogens (tertiary/aromatic N) is 1. The van der Waals surface area contributed by atoms with E-state index in [1.807, 2.05) is 0 Å². The fraction of sp³-hybridized carbons (Fsp3) is 0.294. The van der Waals surface area contributed by atoms with Gasteiger partial charge in [0.2, 0.25) is 5.75 Å². The summed E-state index contributed by atoms with van der Waals surface area (Å²) in [5, 5.41) is 12.2. The number of pyridine rings is 1. The van der Waals surface area contributed by atoms with Crippen LogP contribution in [0.5, 0.6) is 28.7 Å². The molecule has 254 valence electrons. The number of aliphatic carboxylic acids is 1. The number of carbonyl (C=O) groups excluding carboxylic acids is 2. The average molecular weight is 665 g/mol. The second-order valence-corrected chi connectivity index (χ2v) is 11.2. The van der Waals surface area contributed by atoms with Crippen molar-refractivity contribution < 1.29 is 52.6 Å². The third-order valence-corrected chi connectivity index (χ3v) is 6.92. The zero-order chi connectivity index (χ0) is 35.3. The number of ether oxygens (including phenoxy) is 7. The molecule has 0 aliphatic carbocycles. The molecule has 0 aliphatic rings. The minimum absolute atomic E-state index is 0.0189. The van der Waals surface area contributed by atoms with E-state index in [1.54, 1.807) is 32.9 Å². The standard InChI is InChI=1S/C34H36N2O12/c1-34(2,3)48-33(41)35-19-9-11-20(12-10-19)36-29(32(40)46-8)28(18-13-25(43-5)30(45-7)26(14-18)44-6)21-15-23(42-4)24(47-17-27(37)38)16-22(21)31(36)39/h9-16H,17H2,1-8H3,(H,35,41)(H,37,38). The number of rotatable bonds is 11. The Kier molecular flexibility index (Phi) is 10.4. The van der Waals surface area contributed by atoms with Crippen LogP contribution in [0.1, 0.15) is 31.3 Å². The topological polar surface area (TPSA) is 170 Å². The molecule has 1 aromatic heterocycles. The molecule has 4 aromatic rings. The minimum atomic E-state index is -1.24. The maximum absolute atomic E-state index is 14.4. The number of amides is 1. The van der Waals surface area contributed by atoms with Gasteiger partial charge >= 0.3 is 18.0 Å². The number of anilines is 1. The van der Waals surface area contributed by atoms with E-state index in [2.05, 4.69) is 5.32 Å². The molecule has 0 bridgehead atoms. The zero-order valence-electron chi connectivity index (χ0n) is 27.7. The van der Waals surface area contributed by atoms with Gasteiger partial charge in [-0.15, -0.1) is 0 Å². The van der Waals surface area contributed by atoms with Crippen LogP contribution >= 0.6 is 0 Å². The van der Waals surface area contributed by atoms with Crippen molar-refractivity contribution in [2.45, 2.75) is 26.4 Å². The van der Waals surface area contributed by atoms with Crippen molar-refractivity contribution in [2.24, 2.45) is 0 Å². The number of esters is 1. The van der Waals surface area contributed by atoms with E-state index in [1.165, 1.54) is 71.9 Å². The number of nitrogens with one attached hydrogen (secondary N) is 1. The fourth-order valence-electron chi connectivity index (χ4n) is 4.99. The van der Waals surface area contributed by atoms with Crippen molar-refractivity contribution in [3.8, 4) is 45.6 Å². The molecule has 14 heteroatoms. The predicted octanol–water partition coefficient (Wildman–Crippen LogP) is 5.29. The zero-order valence-corrected chi connectivity index (χ0v) is 27.7. The van der Waals surface area contributed by atoms with Crippen LogP contribution in [0.2, 0.25) is 0 Å². The average Bonchev–Trinajstić information content (AvgIpc) is 3.05. The molecule has 1 heterocycles. The van der Waals surface area contributed by atoms with E-state index in [0.717, 1.165) is 4.57 Å². The van der Waals surface area contributed by atoms with Crippen molar-refractivity contribution in [1.82, 2.24) is 4.57 Å². The highest BCUT2D eigenvalue weighted by Gasteiger charge is 2.28. The van der Waals surface area contributed by atoms with Crippen LogP contribution in [0.15, 0.2) is 53.3 Å². The van der Waals surface area contributed by atoms with Gasteiger partial charge in [-0.2, -0.15) is 0 Å². The van der Waals surface area contributed by atoms with Crippen LogP contribution in [0.3, 0.4) is 0 Å². The van der Waals surface area contributed by atoms with Gasteiger partial charge in [-0.3, -0.25) is 14.7 Å². The highest BCUT2D eigenvalue weighted by atomic mass is 16.6. The molecule has 3 aromatic carbocycles. The number of benzene rings is 3. The van der Waals surface area contributed by atoms with Crippen LogP contribution in [-0.4, -0.2) is 75.5 Å². The summed E-state index contributed by atoms with van der Waals surface area (Å²) in [5.41, 5.74) is -0.384. The van der Waals surface area contributed by atoms with E-state index in [0.29, 0.717) is 11.3 Å². The molecule has 0 saturated carbocycles. The maximum Gasteiger partial charge on any atom is 0.412 e. The normalized spacial score (nSPS) is 11.0. The Hall–Kier alpha value is -5.92. The van der Waals surface area contributed by atoms with Crippen molar-refractivity contribution in [1.29, 1.82) is 0 Å². The van der Waals surface area contributed by atoms with Crippen LogP contribution in [0.25, 0.3) is 27.6 Å². The summed E-state index contributed by atoms with van der Waals surface area (Å²) in [4.78, 5) is 51.8. The number of carboxylic acid groups (broad SMARTS) is 1. The molecule has 0 unspecified atom stereocenters. The summed E-state index contributed by atoms with van der Waals surface area (Å²) in [6.45, 7) is 4.49. The van der Waals surface area contributed by atoms with Gasteiger partial charge in [-0.25, -0.2) is 14.4 Å². The maximum atomic E-state index is 14.4.